The monoisotopic (exact) mass is 768 g/mol. The van der Waals surface area contributed by atoms with E-state index in [0.29, 0.717) is 49.9 Å². The van der Waals surface area contributed by atoms with Gasteiger partial charge in [0.05, 0.1) is 15.9 Å². The summed E-state index contributed by atoms with van der Waals surface area (Å²) in [6, 6.07) is 43.4. The summed E-state index contributed by atoms with van der Waals surface area (Å²) in [5.74, 6) is 0.557. The van der Waals surface area contributed by atoms with Crippen molar-refractivity contribution in [2.24, 2.45) is 0 Å². The van der Waals surface area contributed by atoms with E-state index in [-0.39, 0.29) is 17.8 Å². The molecule has 3 aliphatic heterocycles. The summed E-state index contributed by atoms with van der Waals surface area (Å²) in [7, 11) is -11.9. The van der Waals surface area contributed by atoms with Gasteiger partial charge in [0.2, 0.25) is 17.8 Å². The second-order valence-electron chi connectivity index (χ2n) is 12.6. The van der Waals surface area contributed by atoms with Gasteiger partial charge in [0, 0.05) is 33.4 Å². The van der Waals surface area contributed by atoms with Crippen molar-refractivity contribution in [2.75, 3.05) is 15.3 Å². The number of fused-ring (bicyclic) bond motifs is 9. The molecule has 0 saturated heterocycles. The topological polar surface area (TPSA) is 154 Å². The van der Waals surface area contributed by atoms with Gasteiger partial charge >= 0.3 is 22.6 Å². The lowest BCUT2D eigenvalue weighted by atomic mass is 10.0. The molecule has 0 amide bonds. The number of hydrogen-bond acceptors (Lipinski definition) is 9. The SMILES string of the molecule is O=P1(Nc2nc(NP3(=O)Oc4ccccc4-c4ccccc43)nc(NP3(=O)Oc4ccccc4-c4ccccc43)n2)Oc2ccccc2-c2ccccc21. The molecule has 3 unspecified atom stereocenters. The highest BCUT2D eigenvalue weighted by molar-refractivity contribution is 7.70. The van der Waals surface area contributed by atoms with Crippen LogP contribution in [0.1, 0.15) is 0 Å². The van der Waals surface area contributed by atoms with Crippen molar-refractivity contribution >= 4 is 56.3 Å². The molecule has 10 rings (SSSR count). The van der Waals surface area contributed by atoms with E-state index in [9.17, 15) is 13.7 Å². The molecule has 264 valence electrons. The average molecular weight is 769 g/mol. The lowest BCUT2D eigenvalue weighted by Gasteiger charge is -2.30. The maximum atomic E-state index is 14.9. The van der Waals surface area contributed by atoms with Crippen LogP contribution in [0.4, 0.5) is 17.8 Å². The van der Waals surface area contributed by atoms with Crippen LogP contribution in [-0.4, -0.2) is 15.0 Å². The Balaban J connectivity index is 1.09. The van der Waals surface area contributed by atoms with Gasteiger partial charge in [0.15, 0.2) is 0 Å². The molecule has 0 aliphatic carbocycles. The van der Waals surface area contributed by atoms with Gasteiger partial charge in [-0.25, -0.2) is 13.7 Å². The van der Waals surface area contributed by atoms with Gasteiger partial charge in [-0.05, 0) is 36.4 Å². The number of nitrogens with one attached hydrogen (secondary N) is 3. The Morgan fingerprint density at radius 1 is 0.333 bits per heavy atom. The minimum atomic E-state index is -3.97. The minimum absolute atomic E-state index is 0.220. The average Bonchev–Trinajstić information content (AvgIpc) is 3.18. The van der Waals surface area contributed by atoms with Crippen LogP contribution in [-0.2, 0) is 13.7 Å². The molecule has 3 aliphatic rings. The summed E-state index contributed by atoms with van der Waals surface area (Å²) in [4.78, 5) is 13.6. The number of benzene rings is 6. The first-order chi connectivity index (χ1) is 26.3. The molecule has 0 fully saturated rings. The minimum Gasteiger partial charge on any atom is -0.425 e. The quantitative estimate of drug-likeness (QED) is 0.139. The summed E-state index contributed by atoms with van der Waals surface area (Å²) in [6.07, 6.45) is 0. The second-order valence-corrected chi connectivity index (χ2v) is 18.6. The molecule has 0 spiro atoms. The third kappa shape index (κ3) is 5.30. The number of anilines is 3. The molecule has 15 heteroatoms. The van der Waals surface area contributed by atoms with Crippen LogP contribution >= 0.6 is 22.6 Å². The summed E-state index contributed by atoms with van der Waals surface area (Å²) in [5.41, 5.74) is 4.48. The van der Waals surface area contributed by atoms with Gasteiger partial charge in [-0.1, -0.05) is 109 Å². The lowest BCUT2D eigenvalue weighted by molar-refractivity contribution is 0.495. The molecule has 0 saturated carbocycles. The fraction of sp³-hybridized carbons (Fsp3) is 0. The van der Waals surface area contributed by atoms with Crippen LogP contribution in [0.5, 0.6) is 17.2 Å². The van der Waals surface area contributed by atoms with E-state index in [1.54, 1.807) is 72.8 Å². The predicted molar refractivity (Wildman–Crippen MR) is 210 cm³/mol. The molecule has 4 heterocycles. The summed E-state index contributed by atoms with van der Waals surface area (Å²) in [6.45, 7) is 0. The fourth-order valence-corrected chi connectivity index (χ4v) is 12.5. The summed E-state index contributed by atoms with van der Waals surface area (Å²) in [5, 5.41) is 10.0. The molecule has 54 heavy (non-hydrogen) atoms. The molecule has 3 N–H and O–H groups in total. The Kier molecular flexibility index (Phi) is 7.33. The van der Waals surface area contributed by atoms with Crippen LogP contribution in [0.2, 0.25) is 0 Å². The number of nitrogens with zero attached hydrogens (tertiary/aromatic N) is 3. The molecular weight excluding hydrogens is 741 g/mol. The second kappa shape index (κ2) is 12.2. The van der Waals surface area contributed by atoms with Gasteiger partial charge in [-0.15, -0.1) is 0 Å². The van der Waals surface area contributed by atoms with Crippen LogP contribution in [0.15, 0.2) is 146 Å². The Bertz CT molecular complexity index is 2520. The van der Waals surface area contributed by atoms with Crippen molar-refractivity contribution in [1.82, 2.24) is 15.0 Å². The van der Waals surface area contributed by atoms with Gasteiger partial charge < -0.3 is 13.6 Å². The normalized spacial score (nSPS) is 21.1. The van der Waals surface area contributed by atoms with Crippen LogP contribution in [0.3, 0.4) is 0 Å². The van der Waals surface area contributed by atoms with Crippen molar-refractivity contribution in [3.05, 3.63) is 146 Å². The maximum Gasteiger partial charge on any atom is 0.374 e. The van der Waals surface area contributed by atoms with Gasteiger partial charge in [0.1, 0.15) is 17.2 Å². The van der Waals surface area contributed by atoms with E-state index in [1.807, 2.05) is 72.8 Å². The number of hydrogen-bond donors (Lipinski definition) is 3. The van der Waals surface area contributed by atoms with Crippen molar-refractivity contribution in [3.63, 3.8) is 0 Å². The first-order valence-electron chi connectivity index (χ1n) is 16.9. The number of para-hydroxylation sites is 3. The van der Waals surface area contributed by atoms with Crippen molar-refractivity contribution in [2.45, 2.75) is 0 Å². The number of rotatable bonds is 6. The molecule has 12 nitrogen and oxygen atoms in total. The highest BCUT2D eigenvalue weighted by Crippen LogP contribution is 2.57. The maximum absolute atomic E-state index is 14.9. The fourth-order valence-electron chi connectivity index (χ4n) is 6.91. The molecule has 1 aromatic heterocycles. The van der Waals surface area contributed by atoms with Gasteiger partial charge in [-0.2, -0.15) is 15.0 Å². The van der Waals surface area contributed by atoms with Gasteiger partial charge in [0.25, 0.3) is 0 Å². The Hall–Kier alpha value is -6.18. The van der Waals surface area contributed by atoms with E-state index in [0.717, 1.165) is 16.7 Å². The van der Waals surface area contributed by atoms with E-state index in [2.05, 4.69) is 30.2 Å². The molecular formula is C39H27N6O6P3. The lowest BCUT2D eigenvalue weighted by Crippen LogP contribution is -2.26. The third-order valence-corrected chi connectivity index (χ3v) is 15.2. The zero-order chi connectivity index (χ0) is 36.5. The summed E-state index contributed by atoms with van der Waals surface area (Å²) >= 11 is 0. The standard InChI is InChI=1S/C39H27N6O6P3/c46-52(34-22-10-4-16-28(34)25-13-1-7-19-31(25)49-52)43-37-40-38(44-53(47)35-23-11-5-17-29(35)26-14-2-8-20-32(26)50-53)42-39(41-37)45-54(48)36-24-12-6-18-30(36)27-15-3-9-21-33(27)51-54/h1-24H,(H3,40,41,42,43,44,45,46,47,48). The first-order valence-corrected chi connectivity index (χ1v) is 21.7. The largest absolute Gasteiger partial charge is 0.425 e. The molecule has 0 radical (unpaired) electrons. The van der Waals surface area contributed by atoms with Crippen LogP contribution in [0, 0.1) is 0 Å². The molecule has 3 atom stereocenters. The molecule has 6 aromatic carbocycles. The Labute approximate surface area is 309 Å². The van der Waals surface area contributed by atoms with Crippen molar-refractivity contribution in [3.8, 4) is 50.6 Å². The van der Waals surface area contributed by atoms with Crippen molar-refractivity contribution in [1.29, 1.82) is 0 Å². The summed E-state index contributed by atoms with van der Waals surface area (Å²) < 4.78 is 63.2. The molecule has 7 aromatic rings. The molecule has 0 bridgehead atoms. The smallest absolute Gasteiger partial charge is 0.374 e. The van der Waals surface area contributed by atoms with E-state index >= 15 is 0 Å². The number of aromatic nitrogens is 3. The zero-order valence-corrected chi connectivity index (χ0v) is 30.7. The Morgan fingerprint density at radius 2 is 0.574 bits per heavy atom. The first kappa shape index (κ1) is 32.5. The highest BCUT2D eigenvalue weighted by Gasteiger charge is 2.41. The predicted octanol–water partition coefficient (Wildman–Crippen LogP) is 8.84. The van der Waals surface area contributed by atoms with E-state index in [1.165, 1.54) is 0 Å². The van der Waals surface area contributed by atoms with Crippen molar-refractivity contribution < 1.29 is 27.3 Å². The van der Waals surface area contributed by atoms with Crippen LogP contribution < -0.4 is 44.7 Å². The third-order valence-electron chi connectivity index (χ3n) is 9.25. The van der Waals surface area contributed by atoms with Gasteiger partial charge in [-0.3, -0.25) is 15.3 Å². The van der Waals surface area contributed by atoms with Crippen LogP contribution in [0.25, 0.3) is 33.4 Å². The Morgan fingerprint density at radius 3 is 0.870 bits per heavy atom. The zero-order valence-electron chi connectivity index (χ0n) is 28.0. The van der Waals surface area contributed by atoms with E-state index in [4.69, 9.17) is 13.6 Å². The van der Waals surface area contributed by atoms with E-state index < -0.39 is 22.6 Å². The highest BCUT2D eigenvalue weighted by atomic mass is 31.2.